The van der Waals surface area contributed by atoms with Gasteiger partial charge in [0.15, 0.2) is 0 Å². The molecule has 3 N–H and O–H groups in total. The molecule has 2 aromatic carbocycles. The SMILES string of the molecule is CNC(=O)c1cnc(NC(=O)C2CC2)cc1Nc1cc(Br)c2cc3cc(c2c1OC)CCC3. The summed E-state index contributed by atoms with van der Waals surface area (Å²) in [5.74, 6) is 0.867. The standard InChI is InChI=1S/C25H25BrN4O3/c1-27-25(32)17-12-28-21(30-24(31)14-6-7-14)11-19(17)29-20-10-18(26)16-9-13-4-3-5-15(8-13)22(16)23(20)33-2/h8-12,14H,3-7H2,1-2H3,(H,27,32)(H2,28,29,30,31). The molecule has 1 saturated carbocycles. The number of rotatable bonds is 6. The number of hydrogen-bond acceptors (Lipinski definition) is 5. The van der Waals surface area contributed by atoms with Crippen molar-refractivity contribution in [2.24, 2.45) is 5.92 Å². The van der Waals surface area contributed by atoms with Gasteiger partial charge in [-0.25, -0.2) is 4.98 Å². The summed E-state index contributed by atoms with van der Waals surface area (Å²) in [7, 11) is 3.23. The van der Waals surface area contributed by atoms with Crippen molar-refractivity contribution in [3.63, 3.8) is 0 Å². The average Bonchev–Trinajstić information content (AvgIpc) is 3.65. The normalized spacial score (nSPS) is 14.6. The highest BCUT2D eigenvalue weighted by Crippen LogP contribution is 2.44. The van der Waals surface area contributed by atoms with Gasteiger partial charge in [0.25, 0.3) is 5.91 Å². The van der Waals surface area contributed by atoms with Crippen LogP contribution in [0.25, 0.3) is 10.8 Å². The van der Waals surface area contributed by atoms with E-state index in [1.807, 2.05) is 6.07 Å². The number of hydrogen-bond donors (Lipinski definition) is 3. The number of carbonyl (C=O) groups excluding carboxylic acids is 2. The lowest BCUT2D eigenvalue weighted by Crippen LogP contribution is -2.20. The highest BCUT2D eigenvalue weighted by molar-refractivity contribution is 9.10. The Morgan fingerprint density at radius 2 is 1.94 bits per heavy atom. The summed E-state index contributed by atoms with van der Waals surface area (Å²) < 4.78 is 6.83. The van der Waals surface area contributed by atoms with Crippen LogP contribution in [0.4, 0.5) is 17.2 Å². The van der Waals surface area contributed by atoms with Crippen LogP contribution in [0, 0.1) is 5.92 Å². The Morgan fingerprint density at radius 1 is 1.12 bits per heavy atom. The third-order valence-electron chi connectivity index (χ3n) is 6.24. The molecule has 7 nitrogen and oxygen atoms in total. The Labute approximate surface area is 200 Å². The second-order valence-corrected chi connectivity index (χ2v) is 9.41. The van der Waals surface area contributed by atoms with Gasteiger partial charge in [-0.15, -0.1) is 0 Å². The lowest BCUT2D eigenvalue weighted by molar-refractivity contribution is -0.117. The number of nitrogens with zero attached hydrogens (tertiary/aromatic N) is 1. The van der Waals surface area contributed by atoms with Crippen LogP contribution in [0.15, 0.2) is 34.9 Å². The van der Waals surface area contributed by atoms with Gasteiger partial charge in [0, 0.05) is 40.5 Å². The monoisotopic (exact) mass is 508 g/mol. The quantitative estimate of drug-likeness (QED) is 0.438. The summed E-state index contributed by atoms with van der Waals surface area (Å²) in [6.45, 7) is 0. The van der Waals surface area contributed by atoms with E-state index in [1.165, 1.54) is 17.3 Å². The molecular formula is C25H25BrN4O3. The summed E-state index contributed by atoms with van der Waals surface area (Å²) in [5, 5.41) is 11.1. The highest BCUT2D eigenvalue weighted by atomic mass is 79.9. The number of amides is 2. The predicted molar refractivity (Wildman–Crippen MR) is 132 cm³/mol. The number of methoxy groups -OCH3 is 1. The van der Waals surface area contributed by atoms with Gasteiger partial charge >= 0.3 is 0 Å². The number of ether oxygens (including phenoxy) is 1. The molecule has 0 radical (unpaired) electrons. The zero-order chi connectivity index (χ0) is 23.1. The summed E-state index contributed by atoms with van der Waals surface area (Å²) in [5.41, 5.74) is 4.22. The number of fused-ring (bicyclic) bond motifs is 4. The van der Waals surface area contributed by atoms with E-state index < -0.39 is 0 Å². The van der Waals surface area contributed by atoms with E-state index in [1.54, 1.807) is 20.2 Å². The van der Waals surface area contributed by atoms with Crippen LogP contribution in [0.5, 0.6) is 5.75 Å². The van der Waals surface area contributed by atoms with Crippen molar-refractivity contribution in [2.75, 3.05) is 24.8 Å². The maximum absolute atomic E-state index is 12.5. The molecule has 8 heteroatoms. The second-order valence-electron chi connectivity index (χ2n) is 8.55. The predicted octanol–water partition coefficient (Wildman–Crippen LogP) is 4.95. The van der Waals surface area contributed by atoms with E-state index >= 15 is 0 Å². The second kappa shape index (κ2) is 8.67. The van der Waals surface area contributed by atoms with Crippen molar-refractivity contribution in [1.29, 1.82) is 0 Å². The van der Waals surface area contributed by atoms with Crippen molar-refractivity contribution in [3.05, 3.63) is 51.6 Å². The first-order valence-corrected chi connectivity index (χ1v) is 11.9. The van der Waals surface area contributed by atoms with Crippen molar-refractivity contribution >= 4 is 55.7 Å². The molecule has 3 aromatic rings. The van der Waals surface area contributed by atoms with E-state index in [0.717, 1.165) is 58.8 Å². The molecular weight excluding hydrogens is 484 g/mol. The summed E-state index contributed by atoms with van der Waals surface area (Å²) in [4.78, 5) is 29.1. The van der Waals surface area contributed by atoms with Gasteiger partial charge in [-0.05, 0) is 55.4 Å². The molecule has 0 saturated heterocycles. The third kappa shape index (κ3) is 4.15. The van der Waals surface area contributed by atoms with Crippen LogP contribution in [0.1, 0.15) is 40.7 Å². The van der Waals surface area contributed by atoms with Crippen molar-refractivity contribution in [1.82, 2.24) is 10.3 Å². The van der Waals surface area contributed by atoms with E-state index in [4.69, 9.17) is 4.74 Å². The number of benzene rings is 2. The van der Waals surface area contributed by atoms with Crippen LogP contribution >= 0.6 is 15.9 Å². The number of carbonyl (C=O) groups is 2. The molecule has 1 heterocycles. The molecule has 2 bridgehead atoms. The minimum atomic E-state index is -0.274. The lowest BCUT2D eigenvalue weighted by Gasteiger charge is -2.22. The van der Waals surface area contributed by atoms with Crippen LogP contribution < -0.4 is 20.7 Å². The molecule has 1 fully saturated rings. The molecule has 2 aliphatic rings. The van der Waals surface area contributed by atoms with Crippen molar-refractivity contribution in [2.45, 2.75) is 32.1 Å². The van der Waals surface area contributed by atoms with Crippen LogP contribution in [-0.2, 0) is 17.6 Å². The zero-order valence-electron chi connectivity index (χ0n) is 18.5. The number of anilines is 3. The topological polar surface area (TPSA) is 92.4 Å². The Hall–Kier alpha value is -3.13. The van der Waals surface area contributed by atoms with Gasteiger partial charge in [0.2, 0.25) is 5.91 Å². The molecule has 0 aliphatic heterocycles. The molecule has 170 valence electrons. The van der Waals surface area contributed by atoms with Gasteiger partial charge in [0.05, 0.1) is 24.0 Å². The van der Waals surface area contributed by atoms with Crippen LogP contribution in [-0.4, -0.2) is 31.0 Å². The maximum Gasteiger partial charge on any atom is 0.254 e. The van der Waals surface area contributed by atoms with E-state index in [0.29, 0.717) is 17.1 Å². The van der Waals surface area contributed by atoms with Crippen LogP contribution in [0.3, 0.4) is 0 Å². The van der Waals surface area contributed by atoms with Gasteiger partial charge in [-0.1, -0.05) is 22.0 Å². The lowest BCUT2D eigenvalue weighted by atomic mass is 9.89. The fraction of sp³-hybridized carbons (Fsp3) is 0.320. The van der Waals surface area contributed by atoms with Gasteiger partial charge in [-0.2, -0.15) is 0 Å². The first-order chi connectivity index (χ1) is 16.0. The number of halogens is 1. The largest absolute Gasteiger partial charge is 0.494 e. The Bertz CT molecular complexity index is 1290. The molecule has 0 unspecified atom stereocenters. The summed E-state index contributed by atoms with van der Waals surface area (Å²) in [6.07, 6.45) is 6.47. The first kappa shape index (κ1) is 21.7. The van der Waals surface area contributed by atoms with E-state index in [2.05, 4.69) is 49.0 Å². The molecule has 2 amide bonds. The summed E-state index contributed by atoms with van der Waals surface area (Å²) in [6, 6.07) is 8.11. The Balaban J connectivity index is 1.60. The molecule has 5 rings (SSSR count). The third-order valence-corrected chi connectivity index (χ3v) is 6.90. The molecule has 0 atom stereocenters. The van der Waals surface area contributed by atoms with Gasteiger partial charge in [0.1, 0.15) is 11.6 Å². The minimum Gasteiger partial charge on any atom is -0.494 e. The number of nitrogens with one attached hydrogen (secondary N) is 3. The number of aromatic nitrogens is 1. The van der Waals surface area contributed by atoms with Gasteiger partial charge in [-0.3, -0.25) is 9.59 Å². The number of aryl methyl sites for hydroxylation is 2. The fourth-order valence-electron chi connectivity index (χ4n) is 4.42. The fourth-order valence-corrected chi connectivity index (χ4v) is 4.96. The Morgan fingerprint density at radius 3 is 2.67 bits per heavy atom. The van der Waals surface area contributed by atoms with Gasteiger partial charge < -0.3 is 20.7 Å². The van der Waals surface area contributed by atoms with Crippen LogP contribution in [0.2, 0.25) is 0 Å². The zero-order valence-corrected chi connectivity index (χ0v) is 20.1. The Kier molecular flexibility index (Phi) is 5.70. The molecule has 2 aliphatic carbocycles. The molecule has 33 heavy (non-hydrogen) atoms. The first-order valence-electron chi connectivity index (χ1n) is 11.1. The average molecular weight is 509 g/mol. The van der Waals surface area contributed by atoms with Crippen molar-refractivity contribution in [3.8, 4) is 5.75 Å². The van der Waals surface area contributed by atoms with E-state index in [9.17, 15) is 9.59 Å². The molecule has 1 aromatic heterocycles. The smallest absolute Gasteiger partial charge is 0.254 e. The molecule has 0 spiro atoms. The number of pyridine rings is 1. The highest BCUT2D eigenvalue weighted by Gasteiger charge is 2.30. The summed E-state index contributed by atoms with van der Waals surface area (Å²) >= 11 is 3.73. The minimum absolute atomic E-state index is 0.0397. The van der Waals surface area contributed by atoms with Crippen molar-refractivity contribution < 1.29 is 14.3 Å². The maximum atomic E-state index is 12.5. The van der Waals surface area contributed by atoms with E-state index in [-0.39, 0.29) is 17.7 Å².